The summed E-state index contributed by atoms with van der Waals surface area (Å²) in [5.41, 5.74) is 5.83. The number of nitrogens with two attached hydrogens (primary N) is 1. The highest BCUT2D eigenvalue weighted by atomic mass is 16.5. The van der Waals surface area contributed by atoms with Crippen molar-refractivity contribution >= 4 is 5.91 Å². The molecule has 2 unspecified atom stereocenters. The fourth-order valence-electron chi connectivity index (χ4n) is 2.07. The van der Waals surface area contributed by atoms with Crippen LogP contribution in [0.5, 0.6) is 0 Å². The van der Waals surface area contributed by atoms with Gasteiger partial charge in [-0.25, -0.2) is 0 Å². The Morgan fingerprint density at radius 1 is 1.50 bits per heavy atom. The fraction of sp³-hybridized carbons (Fsp3) is 0.929. The van der Waals surface area contributed by atoms with Crippen molar-refractivity contribution in [3.63, 3.8) is 0 Å². The predicted molar refractivity (Wildman–Crippen MR) is 78.5 cm³/mol. The van der Waals surface area contributed by atoms with Gasteiger partial charge in [-0.05, 0) is 27.2 Å². The van der Waals surface area contributed by atoms with Crippen LogP contribution in [-0.4, -0.2) is 68.4 Å². The summed E-state index contributed by atoms with van der Waals surface area (Å²) >= 11 is 0. The van der Waals surface area contributed by atoms with Gasteiger partial charge in [0.1, 0.15) is 0 Å². The number of carbonyl (C=O) groups is 1. The molecule has 1 rings (SSSR count). The van der Waals surface area contributed by atoms with Crippen LogP contribution in [0.2, 0.25) is 0 Å². The minimum Gasteiger partial charge on any atom is -0.379 e. The van der Waals surface area contributed by atoms with Gasteiger partial charge in [0.25, 0.3) is 0 Å². The second-order valence-electron chi connectivity index (χ2n) is 5.63. The van der Waals surface area contributed by atoms with Crippen LogP contribution in [0.4, 0.5) is 0 Å². The van der Waals surface area contributed by atoms with E-state index in [1.54, 1.807) is 0 Å². The molecule has 1 fully saturated rings. The van der Waals surface area contributed by atoms with E-state index in [-0.39, 0.29) is 24.2 Å². The van der Waals surface area contributed by atoms with E-state index in [1.807, 2.05) is 20.8 Å². The number of hydrogen-bond acceptors (Lipinski definition) is 5. The van der Waals surface area contributed by atoms with Crippen LogP contribution in [0.15, 0.2) is 0 Å². The largest absolute Gasteiger partial charge is 0.379 e. The minimum atomic E-state index is -0.00552. The van der Waals surface area contributed by atoms with E-state index in [1.165, 1.54) is 0 Å². The summed E-state index contributed by atoms with van der Waals surface area (Å²) in [5.74, 6) is 0.0554. The summed E-state index contributed by atoms with van der Waals surface area (Å²) in [6.45, 7) is 9.85. The summed E-state index contributed by atoms with van der Waals surface area (Å²) in [6.07, 6.45) is 1.11. The Morgan fingerprint density at radius 2 is 2.25 bits per heavy atom. The van der Waals surface area contributed by atoms with Gasteiger partial charge in [0.2, 0.25) is 5.91 Å². The van der Waals surface area contributed by atoms with Gasteiger partial charge < -0.3 is 20.5 Å². The Kier molecular flexibility index (Phi) is 8.06. The van der Waals surface area contributed by atoms with E-state index < -0.39 is 0 Å². The summed E-state index contributed by atoms with van der Waals surface area (Å²) in [5, 5.41) is 2.92. The van der Waals surface area contributed by atoms with Crippen molar-refractivity contribution in [3.05, 3.63) is 0 Å². The van der Waals surface area contributed by atoms with E-state index in [2.05, 4.69) is 10.2 Å². The van der Waals surface area contributed by atoms with Crippen LogP contribution in [0, 0.1) is 0 Å². The Labute approximate surface area is 122 Å². The molecule has 1 amide bonds. The second-order valence-corrected chi connectivity index (χ2v) is 5.63. The number of carbonyl (C=O) groups excluding carboxylic acids is 1. The molecule has 0 bridgehead atoms. The van der Waals surface area contributed by atoms with E-state index in [4.69, 9.17) is 15.2 Å². The molecule has 3 N–H and O–H groups in total. The maximum atomic E-state index is 11.8. The lowest BCUT2D eigenvalue weighted by molar-refractivity contribution is -0.124. The normalized spacial score (nSPS) is 21.9. The second kappa shape index (κ2) is 9.28. The molecule has 0 radical (unpaired) electrons. The molecular weight excluding hydrogens is 258 g/mol. The fourth-order valence-corrected chi connectivity index (χ4v) is 2.07. The van der Waals surface area contributed by atoms with Crippen LogP contribution in [0.3, 0.4) is 0 Å². The van der Waals surface area contributed by atoms with Crippen molar-refractivity contribution in [2.75, 3.05) is 39.4 Å². The molecule has 1 aliphatic heterocycles. The first kappa shape index (κ1) is 17.4. The monoisotopic (exact) mass is 287 g/mol. The average Bonchev–Trinajstić information content (AvgIpc) is 2.38. The molecule has 0 aromatic heterocycles. The molecule has 118 valence electrons. The highest BCUT2D eigenvalue weighted by Crippen LogP contribution is 2.07. The van der Waals surface area contributed by atoms with E-state index in [0.29, 0.717) is 26.3 Å². The zero-order chi connectivity index (χ0) is 15.0. The van der Waals surface area contributed by atoms with Crippen molar-refractivity contribution in [2.45, 2.75) is 45.4 Å². The number of ether oxygens (including phenoxy) is 2. The first-order chi connectivity index (χ1) is 9.49. The molecule has 0 aromatic rings. The number of hydrogen-bond donors (Lipinski definition) is 2. The summed E-state index contributed by atoms with van der Waals surface area (Å²) < 4.78 is 11.0. The van der Waals surface area contributed by atoms with Gasteiger partial charge in [-0.3, -0.25) is 9.69 Å². The maximum absolute atomic E-state index is 11.8. The minimum absolute atomic E-state index is 0.00552. The smallest absolute Gasteiger partial charge is 0.234 e. The van der Waals surface area contributed by atoms with E-state index >= 15 is 0 Å². The molecule has 6 nitrogen and oxygen atoms in total. The van der Waals surface area contributed by atoms with Crippen molar-refractivity contribution < 1.29 is 14.3 Å². The highest BCUT2D eigenvalue weighted by molar-refractivity contribution is 5.77. The average molecular weight is 287 g/mol. The number of nitrogens with one attached hydrogen (secondary N) is 1. The van der Waals surface area contributed by atoms with Gasteiger partial charge in [-0.15, -0.1) is 0 Å². The summed E-state index contributed by atoms with van der Waals surface area (Å²) in [7, 11) is 0. The van der Waals surface area contributed by atoms with Crippen LogP contribution in [0.1, 0.15) is 27.2 Å². The first-order valence-electron chi connectivity index (χ1n) is 7.47. The predicted octanol–water partition coefficient (Wildman–Crippen LogP) is -0.0343. The Morgan fingerprint density at radius 3 is 2.90 bits per heavy atom. The lowest BCUT2D eigenvalue weighted by Gasteiger charge is -2.34. The van der Waals surface area contributed by atoms with E-state index in [0.717, 1.165) is 19.5 Å². The Balaban J connectivity index is 2.12. The molecule has 0 aliphatic carbocycles. The van der Waals surface area contributed by atoms with Crippen LogP contribution in [0.25, 0.3) is 0 Å². The van der Waals surface area contributed by atoms with Crippen LogP contribution in [-0.2, 0) is 14.3 Å². The maximum Gasteiger partial charge on any atom is 0.234 e. The summed E-state index contributed by atoms with van der Waals surface area (Å²) in [4.78, 5) is 13.9. The number of rotatable bonds is 8. The molecule has 2 atom stereocenters. The SMILES string of the molecule is CC(C)OCCCNC(=O)CN1CCOC(C(C)N)C1. The lowest BCUT2D eigenvalue weighted by Crippen LogP contribution is -2.51. The molecule has 0 spiro atoms. The lowest BCUT2D eigenvalue weighted by atomic mass is 10.1. The van der Waals surface area contributed by atoms with Crippen LogP contribution < -0.4 is 11.1 Å². The van der Waals surface area contributed by atoms with Gasteiger partial charge in [-0.1, -0.05) is 0 Å². The van der Waals surface area contributed by atoms with Gasteiger partial charge in [0.15, 0.2) is 0 Å². The number of morpholine rings is 1. The van der Waals surface area contributed by atoms with Crippen LogP contribution >= 0.6 is 0 Å². The molecule has 20 heavy (non-hydrogen) atoms. The zero-order valence-electron chi connectivity index (χ0n) is 12.9. The Hall–Kier alpha value is -0.690. The topological polar surface area (TPSA) is 76.8 Å². The molecule has 1 heterocycles. The van der Waals surface area contributed by atoms with Crippen molar-refractivity contribution in [2.24, 2.45) is 5.73 Å². The van der Waals surface area contributed by atoms with Gasteiger partial charge in [-0.2, -0.15) is 0 Å². The van der Waals surface area contributed by atoms with Gasteiger partial charge in [0, 0.05) is 32.3 Å². The molecule has 0 saturated carbocycles. The molecule has 0 aromatic carbocycles. The molecular formula is C14H29N3O3. The third-order valence-electron chi connectivity index (χ3n) is 3.23. The molecule has 6 heteroatoms. The van der Waals surface area contributed by atoms with E-state index in [9.17, 15) is 4.79 Å². The molecule has 1 aliphatic rings. The first-order valence-corrected chi connectivity index (χ1v) is 7.47. The third kappa shape index (κ3) is 7.19. The number of amides is 1. The Bertz CT molecular complexity index is 285. The third-order valence-corrected chi connectivity index (χ3v) is 3.23. The number of nitrogens with zero attached hydrogens (tertiary/aromatic N) is 1. The van der Waals surface area contributed by atoms with Crippen molar-refractivity contribution in [1.29, 1.82) is 0 Å². The quantitative estimate of drug-likeness (QED) is 0.613. The van der Waals surface area contributed by atoms with Crippen molar-refractivity contribution in [1.82, 2.24) is 10.2 Å². The van der Waals surface area contributed by atoms with Gasteiger partial charge in [0.05, 0.1) is 25.4 Å². The molecule has 1 saturated heterocycles. The van der Waals surface area contributed by atoms with Crippen molar-refractivity contribution in [3.8, 4) is 0 Å². The van der Waals surface area contributed by atoms with Gasteiger partial charge >= 0.3 is 0 Å². The summed E-state index contributed by atoms with van der Waals surface area (Å²) in [6, 6.07) is -0.00552. The zero-order valence-corrected chi connectivity index (χ0v) is 12.9. The standard InChI is InChI=1S/C14H29N3O3/c1-11(2)19-7-4-5-16-14(18)10-17-6-8-20-13(9-17)12(3)15/h11-13H,4-10,15H2,1-3H3,(H,16,18). The highest BCUT2D eigenvalue weighted by Gasteiger charge is 2.24.